The molecule has 0 aliphatic heterocycles. The first-order valence-electron chi connectivity index (χ1n) is 6.55. The molecule has 110 valence electrons. The summed E-state index contributed by atoms with van der Waals surface area (Å²) in [5.41, 5.74) is 2.07. The van der Waals surface area contributed by atoms with E-state index in [4.69, 9.17) is 10.4 Å². The van der Waals surface area contributed by atoms with Crippen LogP contribution in [0.3, 0.4) is 0 Å². The number of nitriles is 1. The summed E-state index contributed by atoms with van der Waals surface area (Å²) in [6.07, 6.45) is 0.181. The first kappa shape index (κ1) is 16.7. The highest BCUT2D eigenvalue weighted by Crippen LogP contribution is 2.33. The first-order chi connectivity index (χ1) is 8.98. The van der Waals surface area contributed by atoms with Crippen LogP contribution < -0.4 is 5.14 Å². The minimum Gasteiger partial charge on any atom is -0.225 e. The average molecular weight is 294 g/mol. The molecular weight excluding hydrogens is 272 g/mol. The first-order valence-corrected chi connectivity index (χ1v) is 8.10. The van der Waals surface area contributed by atoms with Gasteiger partial charge in [0.1, 0.15) is 0 Å². The van der Waals surface area contributed by atoms with Crippen LogP contribution in [0.4, 0.5) is 0 Å². The molecule has 0 atom stereocenters. The van der Waals surface area contributed by atoms with E-state index < -0.39 is 10.0 Å². The molecule has 20 heavy (non-hydrogen) atoms. The SMILES string of the molecule is CC(C)c1c(CC#N)cc(C(C)(C)C)cc1S(N)(=O)=O. The van der Waals surface area contributed by atoms with Gasteiger partial charge in [-0.25, -0.2) is 13.6 Å². The predicted octanol–water partition coefficient (Wildman–Crippen LogP) is 2.82. The molecule has 4 nitrogen and oxygen atoms in total. The van der Waals surface area contributed by atoms with E-state index in [0.29, 0.717) is 5.56 Å². The van der Waals surface area contributed by atoms with E-state index in [9.17, 15) is 8.42 Å². The van der Waals surface area contributed by atoms with Gasteiger partial charge in [-0.15, -0.1) is 0 Å². The molecule has 0 radical (unpaired) electrons. The summed E-state index contributed by atoms with van der Waals surface area (Å²) in [5.74, 6) is -0.0132. The molecule has 0 heterocycles. The molecule has 0 spiro atoms. The molecule has 0 fully saturated rings. The van der Waals surface area contributed by atoms with Gasteiger partial charge in [0, 0.05) is 0 Å². The summed E-state index contributed by atoms with van der Waals surface area (Å²) in [7, 11) is -3.81. The van der Waals surface area contributed by atoms with Crippen molar-refractivity contribution < 1.29 is 8.42 Å². The third-order valence-electron chi connectivity index (χ3n) is 3.25. The van der Waals surface area contributed by atoms with E-state index in [1.165, 1.54) is 0 Å². The number of primary sulfonamides is 1. The smallest absolute Gasteiger partial charge is 0.225 e. The highest BCUT2D eigenvalue weighted by atomic mass is 32.2. The normalized spacial score (nSPS) is 12.5. The fourth-order valence-corrected chi connectivity index (χ4v) is 3.20. The van der Waals surface area contributed by atoms with Gasteiger partial charge in [0.15, 0.2) is 0 Å². The maximum Gasteiger partial charge on any atom is 0.238 e. The molecule has 0 unspecified atom stereocenters. The second-order valence-electron chi connectivity index (χ2n) is 6.33. The number of hydrogen-bond donors (Lipinski definition) is 1. The van der Waals surface area contributed by atoms with Crippen molar-refractivity contribution in [3.63, 3.8) is 0 Å². The third-order valence-corrected chi connectivity index (χ3v) is 4.20. The van der Waals surface area contributed by atoms with Crippen LogP contribution in [-0.4, -0.2) is 8.42 Å². The van der Waals surface area contributed by atoms with Crippen LogP contribution in [0.1, 0.15) is 57.2 Å². The minimum absolute atomic E-state index is 0.0132. The quantitative estimate of drug-likeness (QED) is 0.930. The summed E-state index contributed by atoms with van der Waals surface area (Å²) in [6.45, 7) is 9.81. The lowest BCUT2D eigenvalue weighted by molar-refractivity contribution is 0.580. The van der Waals surface area contributed by atoms with Gasteiger partial charge in [-0.1, -0.05) is 40.7 Å². The Morgan fingerprint density at radius 2 is 1.85 bits per heavy atom. The van der Waals surface area contributed by atoms with Crippen LogP contribution in [0.5, 0.6) is 0 Å². The number of nitrogens with zero attached hydrogens (tertiary/aromatic N) is 1. The number of rotatable bonds is 3. The fourth-order valence-electron chi connectivity index (χ4n) is 2.24. The molecule has 1 aromatic rings. The second-order valence-corrected chi connectivity index (χ2v) is 7.86. The van der Waals surface area contributed by atoms with Crippen molar-refractivity contribution in [2.24, 2.45) is 5.14 Å². The molecule has 5 heteroatoms. The molecule has 0 saturated carbocycles. The number of hydrogen-bond acceptors (Lipinski definition) is 3. The lowest BCUT2D eigenvalue weighted by Gasteiger charge is -2.24. The van der Waals surface area contributed by atoms with Crippen molar-refractivity contribution in [1.29, 1.82) is 5.26 Å². The average Bonchev–Trinajstić information content (AvgIpc) is 2.25. The molecule has 0 bridgehead atoms. The summed E-state index contributed by atoms with van der Waals surface area (Å²) in [5, 5.41) is 14.3. The van der Waals surface area contributed by atoms with Crippen molar-refractivity contribution in [3.05, 3.63) is 28.8 Å². The summed E-state index contributed by atoms with van der Waals surface area (Å²) in [6, 6.07) is 5.67. The van der Waals surface area contributed by atoms with Crippen molar-refractivity contribution in [1.82, 2.24) is 0 Å². The molecule has 0 aliphatic rings. The molecule has 1 aromatic carbocycles. The zero-order valence-corrected chi connectivity index (χ0v) is 13.5. The van der Waals surface area contributed by atoms with Gasteiger partial charge in [-0.2, -0.15) is 5.26 Å². The maximum absolute atomic E-state index is 11.9. The zero-order valence-electron chi connectivity index (χ0n) is 12.7. The van der Waals surface area contributed by atoms with Crippen molar-refractivity contribution in [2.75, 3.05) is 0 Å². The van der Waals surface area contributed by atoms with Crippen LogP contribution in [-0.2, 0) is 21.9 Å². The van der Waals surface area contributed by atoms with Gasteiger partial charge in [0.05, 0.1) is 17.4 Å². The van der Waals surface area contributed by atoms with Crippen molar-refractivity contribution in [3.8, 4) is 6.07 Å². The Hall–Kier alpha value is -1.38. The Labute approximate surface area is 121 Å². The van der Waals surface area contributed by atoms with E-state index in [1.54, 1.807) is 6.07 Å². The van der Waals surface area contributed by atoms with Crippen LogP contribution >= 0.6 is 0 Å². The van der Waals surface area contributed by atoms with Crippen LogP contribution in [0.15, 0.2) is 17.0 Å². The third kappa shape index (κ3) is 3.59. The molecule has 1 rings (SSSR count). The van der Waals surface area contributed by atoms with E-state index >= 15 is 0 Å². The molecule has 0 amide bonds. The zero-order chi connectivity index (χ0) is 15.7. The van der Waals surface area contributed by atoms with Gasteiger partial charge >= 0.3 is 0 Å². The van der Waals surface area contributed by atoms with E-state index in [1.807, 2.05) is 40.7 Å². The molecule has 0 aliphatic carbocycles. The molecule has 0 aromatic heterocycles. The Balaban J connectivity index is 3.79. The van der Waals surface area contributed by atoms with E-state index in [0.717, 1.165) is 11.1 Å². The van der Waals surface area contributed by atoms with Crippen molar-refractivity contribution in [2.45, 2.75) is 57.3 Å². The second kappa shape index (κ2) is 5.55. The Bertz CT molecular complexity index is 648. The Morgan fingerprint density at radius 1 is 1.30 bits per heavy atom. The molecule has 2 N–H and O–H groups in total. The highest BCUT2D eigenvalue weighted by molar-refractivity contribution is 7.89. The standard InChI is InChI=1S/C15H22N2O2S/c1-10(2)14-11(6-7-16)8-12(15(3,4)5)9-13(14)20(17,18)19/h8-10H,6H2,1-5H3,(H2,17,18,19). The number of nitrogens with two attached hydrogens (primary N) is 1. The Morgan fingerprint density at radius 3 is 2.20 bits per heavy atom. The molecule has 0 saturated heterocycles. The monoisotopic (exact) mass is 294 g/mol. The van der Waals surface area contributed by atoms with Gasteiger partial charge < -0.3 is 0 Å². The topological polar surface area (TPSA) is 83.9 Å². The minimum atomic E-state index is -3.81. The lowest BCUT2D eigenvalue weighted by atomic mass is 9.83. The maximum atomic E-state index is 11.9. The van der Waals surface area contributed by atoms with Gasteiger partial charge in [-0.3, -0.25) is 0 Å². The van der Waals surface area contributed by atoms with Crippen molar-refractivity contribution >= 4 is 10.0 Å². The van der Waals surface area contributed by atoms with E-state index in [-0.39, 0.29) is 22.6 Å². The summed E-state index contributed by atoms with van der Waals surface area (Å²) in [4.78, 5) is 0.144. The van der Waals surface area contributed by atoms with Crippen LogP contribution in [0.2, 0.25) is 0 Å². The fraction of sp³-hybridized carbons (Fsp3) is 0.533. The number of sulfonamides is 1. The lowest BCUT2D eigenvalue weighted by Crippen LogP contribution is -2.20. The van der Waals surface area contributed by atoms with Gasteiger partial charge in [0.25, 0.3) is 0 Å². The van der Waals surface area contributed by atoms with Crippen LogP contribution in [0.25, 0.3) is 0 Å². The Kier molecular flexibility index (Phi) is 4.62. The predicted molar refractivity (Wildman–Crippen MR) is 79.9 cm³/mol. The van der Waals surface area contributed by atoms with Gasteiger partial charge in [-0.05, 0) is 34.1 Å². The number of benzene rings is 1. The molecular formula is C15H22N2O2S. The van der Waals surface area contributed by atoms with E-state index in [2.05, 4.69) is 6.07 Å². The highest BCUT2D eigenvalue weighted by Gasteiger charge is 2.24. The summed E-state index contributed by atoms with van der Waals surface area (Å²) < 4.78 is 23.8. The largest absolute Gasteiger partial charge is 0.238 e. The summed E-state index contributed by atoms with van der Waals surface area (Å²) >= 11 is 0. The van der Waals surface area contributed by atoms with Gasteiger partial charge in [0.2, 0.25) is 10.0 Å². The van der Waals surface area contributed by atoms with Crippen LogP contribution in [0, 0.1) is 11.3 Å².